The highest BCUT2D eigenvalue weighted by Gasteiger charge is 2.13. The Hall–Kier alpha value is -3.52. The van der Waals surface area contributed by atoms with Crippen LogP contribution in [0.25, 0.3) is 17.0 Å². The van der Waals surface area contributed by atoms with E-state index in [1.807, 2.05) is 31.2 Å². The Morgan fingerprint density at radius 2 is 2.00 bits per heavy atom. The van der Waals surface area contributed by atoms with Crippen molar-refractivity contribution in [1.82, 2.24) is 24.6 Å². The van der Waals surface area contributed by atoms with Crippen molar-refractivity contribution in [1.29, 1.82) is 0 Å². The summed E-state index contributed by atoms with van der Waals surface area (Å²) in [7, 11) is 0. The van der Waals surface area contributed by atoms with Crippen LogP contribution in [-0.2, 0) is 6.61 Å². The molecule has 4 aromatic rings. The van der Waals surface area contributed by atoms with Crippen molar-refractivity contribution in [2.75, 3.05) is 5.32 Å². The van der Waals surface area contributed by atoms with Crippen LogP contribution in [0, 0.1) is 0 Å². The molecule has 1 unspecified atom stereocenters. The summed E-state index contributed by atoms with van der Waals surface area (Å²) in [6, 6.07) is 10.6. The molecule has 0 saturated heterocycles. The zero-order valence-electron chi connectivity index (χ0n) is 14.6. The second kappa shape index (κ2) is 7.00. The number of pyridine rings is 2. The van der Waals surface area contributed by atoms with Crippen molar-refractivity contribution in [3.05, 3.63) is 66.1 Å². The standard InChI is InChI=1S/C19H18N6O2/c1-12(14-3-2-7-21-19(14)27)23-17-4-5-18-22-10-16(25(18)24-17)15-9-13(11-26)6-8-20-15/h2-10,12,26H,11H2,1H3,(H,21,27)(H,23,24). The molecule has 4 aromatic heterocycles. The molecule has 8 nitrogen and oxygen atoms in total. The molecule has 4 heterocycles. The van der Waals surface area contributed by atoms with Gasteiger partial charge in [-0.25, -0.2) is 14.5 Å². The van der Waals surface area contributed by atoms with Gasteiger partial charge in [-0.15, -0.1) is 5.10 Å². The second-order valence-corrected chi connectivity index (χ2v) is 6.12. The Morgan fingerprint density at radius 3 is 2.81 bits per heavy atom. The number of rotatable bonds is 5. The minimum absolute atomic E-state index is 0.00748. The number of hydrogen-bond donors (Lipinski definition) is 3. The van der Waals surface area contributed by atoms with Crippen LogP contribution in [0.15, 0.2) is 55.0 Å². The number of hydrogen-bond acceptors (Lipinski definition) is 7. The van der Waals surface area contributed by atoms with Gasteiger partial charge in [0, 0.05) is 18.0 Å². The van der Waals surface area contributed by atoms with Gasteiger partial charge in [0.1, 0.15) is 11.5 Å². The molecule has 0 bridgehead atoms. The summed E-state index contributed by atoms with van der Waals surface area (Å²) in [5, 5.41) is 27.1. The number of imidazole rings is 1. The Bertz CT molecular complexity index is 1090. The van der Waals surface area contributed by atoms with E-state index in [0.717, 1.165) is 11.3 Å². The Balaban J connectivity index is 1.68. The van der Waals surface area contributed by atoms with E-state index in [1.54, 1.807) is 35.2 Å². The van der Waals surface area contributed by atoms with Crippen LogP contribution in [-0.4, -0.2) is 34.8 Å². The van der Waals surface area contributed by atoms with Crippen LogP contribution in [0.4, 0.5) is 5.82 Å². The molecule has 0 aliphatic rings. The van der Waals surface area contributed by atoms with E-state index in [-0.39, 0.29) is 18.5 Å². The molecule has 0 fully saturated rings. The lowest BCUT2D eigenvalue weighted by atomic mass is 10.1. The topological polar surface area (TPSA) is 108 Å². The minimum Gasteiger partial charge on any atom is -0.493 e. The van der Waals surface area contributed by atoms with Gasteiger partial charge in [-0.3, -0.25) is 4.98 Å². The lowest BCUT2D eigenvalue weighted by molar-refractivity contribution is 0.282. The van der Waals surface area contributed by atoms with Crippen molar-refractivity contribution >= 4 is 11.5 Å². The van der Waals surface area contributed by atoms with E-state index in [9.17, 15) is 10.2 Å². The van der Waals surface area contributed by atoms with E-state index in [0.29, 0.717) is 22.7 Å². The lowest BCUT2D eigenvalue weighted by Crippen LogP contribution is -2.10. The first-order chi connectivity index (χ1) is 13.2. The Morgan fingerprint density at radius 1 is 1.11 bits per heavy atom. The van der Waals surface area contributed by atoms with E-state index < -0.39 is 0 Å². The third-order valence-corrected chi connectivity index (χ3v) is 4.28. The summed E-state index contributed by atoms with van der Waals surface area (Å²) in [4.78, 5) is 12.6. The summed E-state index contributed by atoms with van der Waals surface area (Å²) < 4.78 is 1.70. The predicted molar refractivity (Wildman–Crippen MR) is 100 cm³/mol. The van der Waals surface area contributed by atoms with Crippen LogP contribution in [0.2, 0.25) is 0 Å². The predicted octanol–water partition coefficient (Wildman–Crippen LogP) is 2.56. The van der Waals surface area contributed by atoms with E-state index in [1.165, 1.54) is 0 Å². The molecule has 0 amide bonds. The van der Waals surface area contributed by atoms with Gasteiger partial charge in [-0.2, -0.15) is 0 Å². The number of aromatic nitrogens is 5. The van der Waals surface area contributed by atoms with Gasteiger partial charge >= 0.3 is 0 Å². The molecule has 3 N–H and O–H groups in total. The zero-order valence-corrected chi connectivity index (χ0v) is 14.6. The Kier molecular flexibility index (Phi) is 4.39. The van der Waals surface area contributed by atoms with Crippen molar-refractivity contribution in [3.8, 4) is 17.3 Å². The summed E-state index contributed by atoms with van der Waals surface area (Å²) in [5.41, 5.74) is 3.54. The highest BCUT2D eigenvalue weighted by molar-refractivity contribution is 5.60. The number of aromatic hydroxyl groups is 1. The first kappa shape index (κ1) is 16.9. The van der Waals surface area contributed by atoms with Gasteiger partial charge in [-0.05, 0) is 42.8 Å². The average Bonchev–Trinajstić information content (AvgIpc) is 3.11. The molecule has 0 spiro atoms. The van der Waals surface area contributed by atoms with Gasteiger partial charge in [-0.1, -0.05) is 6.07 Å². The Labute approximate surface area is 155 Å². The molecule has 8 heteroatoms. The third kappa shape index (κ3) is 3.30. The number of nitrogens with one attached hydrogen (secondary N) is 1. The molecule has 0 aliphatic carbocycles. The zero-order chi connectivity index (χ0) is 18.8. The number of aliphatic hydroxyl groups is 1. The first-order valence-corrected chi connectivity index (χ1v) is 8.47. The average molecular weight is 362 g/mol. The van der Waals surface area contributed by atoms with Gasteiger partial charge < -0.3 is 15.5 Å². The normalized spacial score (nSPS) is 12.2. The molecular formula is C19H18N6O2. The molecule has 136 valence electrons. The highest BCUT2D eigenvalue weighted by Crippen LogP contribution is 2.25. The van der Waals surface area contributed by atoms with Crippen molar-refractivity contribution < 1.29 is 10.2 Å². The molecule has 1 atom stereocenters. The highest BCUT2D eigenvalue weighted by atomic mass is 16.3. The summed E-state index contributed by atoms with van der Waals surface area (Å²) in [5.74, 6) is 0.614. The fourth-order valence-electron chi connectivity index (χ4n) is 2.88. The van der Waals surface area contributed by atoms with Crippen molar-refractivity contribution in [2.45, 2.75) is 19.6 Å². The molecule has 0 aromatic carbocycles. The minimum atomic E-state index is -0.188. The summed E-state index contributed by atoms with van der Waals surface area (Å²) in [6.45, 7) is 1.86. The molecule has 27 heavy (non-hydrogen) atoms. The molecular weight excluding hydrogens is 344 g/mol. The fraction of sp³-hybridized carbons (Fsp3) is 0.158. The smallest absolute Gasteiger partial charge is 0.216 e. The van der Waals surface area contributed by atoms with Crippen LogP contribution in [0.3, 0.4) is 0 Å². The monoisotopic (exact) mass is 362 g/mol. The van der Waals surface area contributed by atoms with E-state index >= 15 is 0 Å². The second-order valence-electron chi connectivity index (χ2n) is 6.12. The molecule has 4 rings (SSSR count). The third-order valence-electron chi connectivity index (χ3n) is 4.28. The SMILES string of the molecule is CC(Nc1ccc2ncc(-c3cc(CO)ccn3)n2n1)c1cccnc1O. The van der Waals surface area contributed by atoms with Crippen LogP contribution >= 0.6 is 0 Å². The van der Waals surface area contributed by atoms with Gasteiger partial charge in [0.2, 0.25) is 5.88 Å². The number of aliphatic hydroxyl groups excluding tert-OH is 1. The van der Waals surface area contributed by atoms with Crippen molar-refractivity contribution in [3.63, 3.8) is 0 Å². The van der Waals surface area contributed by atoms with E-state index in [2.05, 4.69) is 25.4 Å². The van der Waals surface area contributed by atoms with Gasteiger partial charge in [0.25, 0.3) is 0 Å². The van der Waals surface area contributed by atoms with Crippen LogP contribution in [0.5, 0.6) is 5.88 Å². The van der Waals surface area contributed by atoms with Gasteiger partial charge in [0.15, 0.2) is 5.65 Å². The molecule has 0 saturated carbocycles. The van der Waals surface area contributed by atoms with Crippen molar-refractivity contribution in [2.24, 2.45) is 0 Å². The quantitative estimate of drug-likeness (QED) is 0.501. The molecule has 0 radical (unpaired) electrons. The first-order valence-electron chi connectivity index (χ1n) is 8.47. The van der Waals surface area contributed by atoms with E-state index in [4.69, 9.17) is 0 Å². The largest absolute Gasteiger partial charge is 0.493 e. The number of fused-ring (bicyclic) bond motifs is 1. The van der Waals surface area contributed by atoms with Crippen LogP contribution in [0.1, 0.15) is 24.1 Å². The molecule has 0 aliphatic heterocycles. The number of anilines is 1. The lowest BCUT2D eigenvalue weighted by Gasteiger charge is -2.15. The fourth-order valence-corrected chi connectivity index (χ4v) is 2.88. The maximum atomic E-state index is 9.92. The maximum Gasteiger partial charge on any atom is 0.216 e. The maximum absolute atomic E-state index is 9.92. The van der Waals surface area contributed by atoms with Gasteiger partial charge in [0.05, 0.1) is 24.5 Å². The number of nitrogens with zero attached hydrogens (tertiary/aromatic N) is 5. The van der Waals surface area contributed by atoms with Crippen LogP contribution < -0.4 is 5.32 Å². The summed E-state index contributed by atoms with van der Waals surface area (Å²) >= 11 is 0. The summed E-state index contributed by atoms with van der Waals surface area (Å²) in [6.07, 6.45) is 4.89.